The van der Waals surface area contributed by atoms with E-state index >= 15 is 0 Å². The molecule has 1 saturated heterocycles. The van der Waals surface area contributed by atoms with Crippen LogP contribution < -0.4 is 24.3 Å². The summed E-state index contributed by atoms with van der Waals surface area (Å²) >= 11 is 0. The number of benzene rings is 3. The van der Waals surface area contributed by atoms with E-state index in [1.165, 1.54) is 0 Å². The molecule has 0 spiro atoms. The number of aryl methyl sites for hydroxylation is 1. The van der Waals surface area contributed by atoms with E-state index in [4.69, 9.17) is 18.9 Å². The van der Waals surface area contributed by atoms with Gasteiger partial charge in [0.05, 0.1) is 20.1 Å². The molecule has 2 amide bonds. The zero-order chi connectivity index (χ0) is 25.9. The van der Waals surface area contributed by atoms with Crippen LogP contribution in [0.2, 0.25) is 0 Å². The van der Waals surface area contributed by atoms with Gasteiger partial charge >= 0.3 is 0 Å². The molecule has 2 aliphatic heterocycles. The number of amides is 2. The molecule has 0 radical (unpaired) electrons. The topological polar surface area (TPSA) is 86.3 Å². The lowest BCUT2D eigenvalue weighted by molar-refractivity contribution is -0.125. The first-order valence-electron chi connectivity index (χ1n) is 12.2. The SMILES string of the molecule is COc1ccc([C@H]2CN(C(=O)c3ccccc3C)C[C@H]2C(=O)NCc2ccc3c(c2)OCO3)c(OC)c1. The van der Waals surface area contributed by atoms with Crippen LogP contribution in [-0.4, -0.2) is 50.8 Å². The Morgan fingerprint density at radius 2 is 1.78 bits per heavy atom. The van der Waals surface area contributed by atoms with Crippen molar-refractivity contribution in [2.45, 2.75) is 19.4 Å². The Labute approximate surface area is 216 Å². The molecule has 192 valence electrons. The molecular formula is C29H30N2O6. The minimum Gasteiger partial charge on any atom is -0.497 e. The lowest BCUT2D eigenvalue weighted by Gasteiger charge is -2.21. The van der Waals surface area contributed by atoms with Crippen LogP contribution in [0.4, 0.5) is 0 Å². The van der Waals surface area contributed by atoms with Gasteiger partial charge in [-0.1, -0.05) is 30.3 Å². The minimum absolute atomic E-state index is 0.0818. The zero-order valence-electron chi connectivity index (χ0n) is 21.2. The van der Waals surface area contributed by atoms with Crippen LogP contribution in [0.25, 0.3) is 0 Å². The van der Waals surface area contributed by atoms with Crippen molar-refractivity contribution in [3.8, 4) is 23.0 Å². The van der Waals surface area contributed by atoms with Gasteiger partial charge in [-0.3, -0.25) is 9.59 Å². The van der Waals surface area contributed by atoms with Crippen molar-refractivity contribution in [1.29, 1.82) is 0 Å². The second-order valence-electron chi connectivity index (χ2n) is 9.25. The van der Waals surface area contributed by atoms with E-state index < -0.39 is 5.92 Å². The zero-order valence-corrected chi connectivity index (χ0v) is 21.2. The maximum atomic E-state index is 13.6. The van der Waals surface area contributed by atoms with Crippen molar-refractivity contribution in [3.63, 3.8) is 0 Å². The quantitative estimate of drug-likeness (QED) is 0.527. The Morgan fingerprint density at radius 3 is 2.57 bits per heavy atom. The minimum atomic E-state index is -0.454. The number of methoxy groups -OCH3 is 2. The molecule has 2 heterocycles. The van der Waals surface area contributed by atoms with E-state index in [9.17, 15) is 9.59 Å². The number of hydrogen-bond donors (Lipinski definition) is 1. The van der Waals surface area contributed by atoms with Crippen molar-refractivity contribution < 1.29 is 28.5 Å². The molecule has 0 saturated carbocycles. The highest BCUT2D eigenvalue weighted by atomic mass is 16.7. The Hall–Kier alpha value is -4.20. The molecule has 0 unspecified atom stereocenters. The second-order valence-corrected chi connectivity index (χ2v) is 9.25. The summed E-state index contributed by atoms with van der Waals surface area (Å²) in [6.45, 7) is 3.16. The highest BCUT2D eigenvalue weighted by Gasteiger charge is 2.42. The Bertz CT molecular complexity index is 1320. The van der Waals surface area contributed by atoms with Crippen LogP contribution >= 0.6 is 0 Å². The number of hydrogen-bond acceptors (Lipinski definition) is 6. The summed E-state index contributed by atoms with van der Waals surface area (Å²) in [5.41, 5.74) is 3.32. The molecule has 2 atom stereocenters. The van der Waals surface area contributed by atoms with E-state index in [0.29, 0.717) is 48.2 Å². The fourth-order valence-corrected chi connectivity index (χ4v) is 5.03. The molecule has 3 aromatic rings. The molecule has 0 bridgehead atoms. The molecule has 5 rings (SSSR count). The monoisotopic (exact) mass is 502 g/mol. The normalized spacial score (nSPS) is 18.0. The van der Waals surface area contributed by atoms with Gasteiger partial charge in [0, 0.05) is 42.7 Å². The van der Waals surface area contributed by atoms with Gasteiger partial charge in [0.25, 0.3) is 5.91 Å². The molecule has 8 heteroatoms. The first-order valence-corrected chi connectivity index (χ1v) is 12.2. The summed E-state index contributed by atoms with van der Waals surface area (Å²) in [7, 11) is 3.19. The standard InChI is InChI=1S/C29H30N2O6/c1-18-6-4-5-7-21(18)29(33)31-15-23(22-10-9-20(34-2)13-26(22)35-3)24(16-31)28(32)30-14-19-8-11-25-27(12-19)37-17-36-25/h4-13,23-24H,14-17H2,1-3H3,(H,30,32)/t23-,24-/m1/s1. The summed E-state index contributed by atoms with van der Waals surface area (Å²) in [6, 6.07) is 18.7. The van der Waals surface area contributed by atoms with Crippen molar-refractivity contribution in [2.24, 2.45) is 5.92 Å². The van der Waals surface area contributed by atoms with Gasteiger partial charge in [0.15, 0.2) is 11.5 Å². The van der Waals surface area contributed by atoms with Crippen LogP contribution in [0.3, 0.4) is 0 Å². The molecular weight excluding hydrogens is 472 g/mol. The predicted octanol–water partition coefficient (Wildman–Crippen LogP) is 3.91. The number of rotatable bonds is 7. The lowest BCUT2D eigenvalue weighted by atomic mass is 9.87. The molecule has 0 aromatic heterocycles. The van der Waals surface area contributed by atoms with E-state index in [1.54, 1.807) is 19.1 Å². The Kier molecular flexibility index (Phi) is 6.90. The average molecular weight is 503 g/mol. The van der Waals surface area contributed by atoms with E-state index in [-0.39, 0.29) is 24.5 Å². The van der Waals surface area contributed by atoms with Crippen LogP contribution in [0.1, 0.15) is 33.0 Å². The number of carbonyl (C=O) groups is 2. The fourth-order valence-electron chi connectivity index (χ4n) is 5.03. The number of ether oxygens (including phenoxy) is 4. The fraction of sp³-hybridized carbons (Fsp3) is 0.310. The van der Waals surface area contributed by atoms with E-state index in [0.717, 1.165) is 16.7 Å². The molecule has 1 fully saturated rings. The highest BCUT2D eigenvalue weighted by molar-refractivity contribution is 5.96. The smallest absolute Gasteiger partial charge is 0.254 e. The molecule has 0 aliphatic carbocycles. The van der Waals surface area contributed by atoms with Crippen molar-refractivity contribution in [3.05, 3.63) is 82.9 Å². The number of nitrogens with zero attached hydrogens (tertiary/aromatic N) is 1. The van der Waals surface area contributed by atoms with Gasteiger partial charge in [-0.2, -0.15) is 0 Å². The van der Waals surface area contributed by atoms with E-state index in [2.05, 4.69) is 5.32 Å². The highest BCUT2D eigenvalue weighted by Crippen LogP contribution is 2.40. The van der Waals surface area contributed by atoms with Gasteiger partial charge in [-0.05, 0) is 42.3 Å². The average Bonchev–Trinajstić information content (AvgIpc) is 3.58. The van der Waals surface area contributed by atoms with Gasteiger partial charge < -0.3 is 29.2 Å². The predicted molar refractivity (Wildman–Crippen MR) is 137 cm³/mol. The third kappa shape index (κ3) is 4.91. The van der Waals surface area contributed by atoms with Crippen LogP contribution in [0.15, 0.2) is 60.7 Å². The van der Waals surface area contributed by atoms with Gasteiger partial charge in [-0.25, -0.2) is 0 Å². The van der Waals surface area contributed by atoms with Crippen LogP contribution in [0, 0.1) is 12.8 Å². The molecule has 8 nitrogen and oxygen atoms in total. The third-order valence-electron chi connectivity index (χ3n) is 7.06. The maximum Gasteiger partial charge on any atom is 0.254 e. The molecule has 3 aromatic carbocycles. The number of nitrogens with one attached hydrogen (secondary N) is 1. The van der Waals surface area contributed by atoms with Crippen molar-refractivity contribution in [2.75, 3.05) is 34.1 Å². The Balaban J connectivity index is 1.40. The summed E-state index contributed by atoms with van der Waals surface area (Å²) < 4.78 is 21.8. The van der Waals surface area contributed by atoms with Crippen LogP contribution in [0.5, 0.6) is 23.0 Å². The lowest BCUT2D eigenvalue weighted by Crippen LogP contribution is -2.35. The number of carbonyl (C=O) groups excluding carboxylic acids is 2. The first-order chi connectivity index (χ1) is 18.0. The number of likely N-dealkylation sites (tertiary alicyclic amines) is 1. The Morgan fingerprint density at radius 1 is 0.973 bits per heavy atom. The van der Waals surface area contributed by atoms with Crippen molar-refractivity contribution >= 4 is 11.8 Å². The van der Waals surface area contributed by atoms with E-state index in [1.807, 2.05) is 67.6 Å². The molecule has 37 heavy (non-hydrogen) atoms. The van der Waals surface area contributed by atoms with Crippen molar-refractivity contribution in [1.82, 2.24) is 10.2 Å². The first kappa shape index (κ1) is 24.5. The van der Waals surface area contributed by atoms with Gasteiger partial charge in [0.1, 0.15) is 11.5 Å². The second kappa shape index (κ2) is 10.4. The number of fused-ring (bicyclic) bond motifs is 1. The van der Waals surface area contributed by atoms with Gasteiger partial charge in [-0.15, -0.1) is 0 Å². The summed E-state index contributed by atoms with van der Waals surface area (Å²) in [5, 5.41) is 3.06. The summed E-state index contributed by atoms with van der Waals surface area (Å²) in [5.74, 6) is 1.75. The summed E-state index contributed by atoms with van der Waals surface area (Å²) in [4.78, 5) is 28.8. The molecule has 1 N–H and O–H groups in total. The maximum absolute atomic E-state index is 13.6. The van der Waals surface area contributed by atoms with Crippen LogP contribution in [-0.2, 0) is 11.3 Å². The largest absolute Gasteiger partial charge is 0.497 e. The van der Waals surface area contributed by atoms with Gasteiger partial charge in [0.2, 0.25) is 12.7 Å². The third-order valence-corrected chi connectivity index (χ3v) is 7.06. The molecule has 2 aliphatic rings. The summed E-state index contributed by atoms with van der Waals surface area (Å²) in [6.07, 6.45) is 0.